The number of likely N-dealkylation sites (N-methyl/N-ethyl adjacent to an activating group) is 1. The maximum Gasteiger partial charge on any atom is 0.336 e. The van der Waals surface area contributed by atoms with Gasteiger partial charge in [-0.25, -0.2) is 9.78 Å². The summed E-state index contributed by atoms with van der Waals surface area (Å²) in [5.74, 6) is -0.437. The number of nitrogens with zero attached hydrogens (tertiary/aromatic N) is 3. The van der Waals surface area contributed by atoms with Crippen LogP contribution in [-0.4, -0.2) is 60.1 Å². The maximum atomic E-state index is 12.3. The number of pyridine rings is 1. The summed E-state index contributed by atoms with van der Waals surface area (Å²) < 4.78 is 0. The average Bonchev–Trinajstić information content (AvgIpc) is 2.84. The van der Waals surface area contributed by atoms with E-state index in [9.17, 15) is 14.7 Å². The van der Waals surface area contributed by atoms with Gasteiger partial charge in [0, 0.05) is 36.1 Å². The Kier molecular flexibility index (Phi) is 5.56. The SMILES string of the molecule is CN1CCCN(c2cc(C(=O)O)c3cc(NC(=O)C(C)(C)C)ccc3n2)CC1. The fourth-order valence-electron chi connectivity index (χ4n) is 3.22. The molecule has 0 aliphatic carbocycles. The molecule has 150 valence electrons. The highest BCUT2D eigenvalue weighted by molar-refractivity contribution is 6.05. The van der Waals surface area contributed by atoms with Crippen LogP contribution >= 0.6 is 0 Å². The number of carbonyl (C=O) groups excluding carboxylic acids is 1. The smallest absolute Gasteiger partial charge is 0.336 e. The molecule has 2 N–H and O–H groups in total. The Morgan fingerprint density at radius 3 is 2.54 bits per heavy atom. The van der Waals surface area contributed by atoms with Gasteiger partial charge < -0.3 is 20.2 Å². The highest BCUT2D eigenvalue weighted by atomic mass is 16.4. The van der Waals surface area contributed by atoms with Crippen molar-refractivity contribution in [2.75, 3.05) is 43.4 Å². The first kappa shape index (κ1) is 20.1. The molecule has 7 nitrogen and oxygen atoms in total. The topological polar surface area (TPSA) is 85.8 Å². The summed E-state index contributed by atoms with van der Waals surface area (Å²) >= 11 is 0. The zero-order valence-corrected chi connectivity index (χ0v) is 17.0. The molecule has 1 aliphatic rings. The average molecular weight is 384 g/mol. The number of aromatic carboxylic acids is 1. The van der Waals surface area contributed by atoms with Crippen molar-refractivity contribution in [3.05, 3.63) is 29.8 Å². The van der Waals surface area contributed by atoms with Crippen molar-refractivity contribution < 1.29 is 14.7 Å². The highest BCUT2D eigenvalue weighted by Crippen LogP contribution is 2.27. The Morgan fingerprint density at radius 2 is 1.86 bits per heavy atom. The minimum atomic E-state index is -1.00. The van der Waals surface area contributed by atoms with Crippen molar-refractivity contribution in [2.45, 2.75) is 27.2 Å². The summed E-state index contributed by atoms with van der Waals surface area (Å²) in [5, 5.41) is 13.1. The van der Waals surface area contributed by atoms with E-state index in [0.717, 1.165) is 32.6 Å². The molecule has 1 saturated heterocycles. The number of carboxylic acid groups (broad SMARTS) is 1. The summed E-state index contributed by atoms with van der Waals surface area (Å²) in [6.45, 7) is 9.09. The van der Waals surface area contributed by atoms with E-state index in [4.69, 9.17) is 4.98 Å². The quantitative estimate of drug-likeness (QED) is 0.846. The number of benzene rings is 1. The van der Waals surface area contributed by atoms with E-state index in [2.05, 4.69) is 22.2 Å². The molecule has 1 aromatic carbocycles. The molecule has 0 saturated carbocycles. The number of nitrogens with one attached hydrogen (secondary N) is 1. The predicted octanol–water partition coefficient (Wildman–Crippen LogP) is 3.06. The number of hydrogen-bond acceptors (Lipinski definition) is 5. The summed E-state index contributed by atoms with van der Waals surface area (Å²) in [6.07, 6.45) is 1.01. The second-order valence-corrected chi connectivity index (χ2v) is 8.41. The van der Waals surface area contributed by atoms with Crippen molar-refractivity contribution in [3.63, 3.8) is 0 Å². The fraction of sp³-hybridized carbons (Fsp3) is 0.476. The number of amides is 1. The molecule has 28 heavy (non-hydrogen) atoms. The molecule has 3 rings (SSSR count). The lowest BCUT2D eigenvalue weighted by atomic mass is 9.95. The molecular weight excluding hydrogens is 356 g/mol. The van der Waals surface area contributed by atoms with Gasteiger partial charge in [-0.05, 0) is 44.3 Å². The molecule has 1 aromatic heterocycles. The molecule has 1 fully saturated rings. The second kappa shape index (κ2) is 7.75. The van der Waals surface area contributed by atoms with Crippen LogP contribution in [0.15, 0.2) is 24.3 Å². The second-order valence-electron chi connectivity index (χ2n) is 8.41. The van der Waals surface area contributed by atoms with Crippen molar-refractivity contribution in [1.29, 1.82) is 0 Å². The number of rotatable bonds is 3. The van der Waals surface area contributed by atoms with Gasteiger partial charge in [0.05, 0.1) is 11.1 Å². The standard InChI is InChI=1S/C21H28N4O3/c1-21(2,3)20(28)22-14-6-7-17-15(12-14)16(19(26)27)13-18(23-17)25-9-5-8-24(4)10-11-25/h6-7,12-13H,5,8-11H2,1-4H3,(H,22,28)(H,26,27). The van der Waals surface area contributed by atoms with Gasteiger partial charge in [-0.2, -0.15) is 0 Å². The lowest BCUT2D eigenvalue weighted by Gasteiger charge is -2.23. The Hall–Kier alpha value is -2.67. The van der Waals surface area contributed by atoms with E-state index in [1.165, 1.54) is 0 Å². The zero-order chi connectivity index (χ0) is 20.5. The van der Waals surface area contributed by atoms with Crippen molar-refractivity contribution >= 4 is 34.3 Å². The van der Waals surface area contributed by atoms with E-state index >= 15 is 0 Å². The molecule has 0 radical (unpaired) electrons. The van der Waals surface area contributed by atoms with Crippen LogP contribution in [-0.2, 0) is 4.79 Å². The number of anilines is 2. The molecule has 0 spiro atoms. The van der Waals surface area contributed by atoms with Gasteiger partial charge in [0.15, 0.2) is 0 Å². The van der Waals surface area contributed by atoms with Crippen LogP contribution in [0.25, 0.3) is 10.9 Å². The Morgan fingerprint density at radius 1 is 1.11 bits per heavy atom. The molecule has 0 unspecified atom stereocenters. The minimum absolute atomic E-state index is 0.123. The molecule has 0 atom stereocenters. The third-order valence-electron chi connectivity index (χ3n) is 5.01. The fourth-order valence-corrected chi connectivity index (χ4v) is 3.22. The molecule has 1 amide bonds. The van der Waals surface area contributed by atoms with Gasteiger partial charge >= 0.3 is 5.97 Å². The van der Waals surface area contributed by atoms with Crippen LogP contribution in [0, 0.1) is 5.41 Å². The number of fused-ring (bicyclic) bond motifs is 1. The molecule has 0 bridgehead atoms. The van der Waals surface area contributed by atoms with Crippen LogP contribution in [0.2, 0.25) is 0 Å². The van der Waals surface area contributed by atoms with Gasteiger partial charge in [0.25, 0.3) is 0 Å². The molecule has 1 aliphatic heterocycles. The van der Waals surface area contributed by atoms with Crippen LogP contribution in [0.3, 0.4) is 0 Å². The van der Waals surface area contributed by atoms with Crippen LogP contribution in [0.1, 0.15) is 37.6 Å². The monoisotopic (exact) mass is 384 g/mol. The van der Waals surface area contributed by atoms with Crippen LogP contribution in [0.4, 0.5) is 11.5 Å². The highest BCUT2D eigenvalue weighted by Gasteiger charge is 2.22. The van der Waals surface area contributed by atoms with E-state index in [-0.39, 0.29) is 11.5 Å². The first-order valence-electron chi connectivity index (χ1n) is 9.58. The summed E-state index contributed by atoms with van der Waals surface area (Å²) in [7, 11) is 2.09. The molecule has 7 heteroatoms. The Balaban J connectivity index is 1.99. The number of carbonyl (C=O) groups is 2. The van der Waals surface area contributed by atoms with Crippen molar-refractivity contribution in [3.8, 4) is 0 Å². The number of hydrogen-bond donors (Lipinski definition) is 2. The summed E-state index contributed by atoms with van der Waals surface area (Å²) in [4.78, 5) is 33.3. The van der Waals surface area contributed by atoms with Gasteiger partial charge in [-0.1, -0.05) is 20.8 Å². The Bertz CT molecular complexity index is 904. The van der Waals surface area contributed by atoms with Gasteiger partial charge in [-0.15, -0.1) is 0 Å². The lowest BCUT2D eigenvalue weighted by Crippen LogP contribution is -2.29. The molecule has 2 heterocycles. The van der Waals surface area contributed by atoms with Crippen molar-refractivity contribution in [1.82, 2.24) is 9.88 Å². The van der Waals surface area contributed by atoms with E-state index in [1.54, 1.807) is 24.3 Å². The molecule has 2 aromatic rings. The van der Waals surface area contributed by atoms with Crippen molar-refractivity contribution in [2.24, 2.45) is 5.41 Å². The van der Waals surface area contributed by atoms with Crippen LogP contribution < -0.4 is 10.2 Å². The minimum Gasteiger partial charge on any atom is -0.478 e. The van der Waals surface area contributed by atoms with Gasteiger partial charge in [0.2, 0.25) is 5.91 Å². The number of aromatic nitrogens is 1. The van der Waals surface area contributed by atoms with Gasteiger partial charge in [0.1, 0.15) is 5.82 Å². The van der Waals surface area contributed by atoms with Crippen LogP contribution in [0.5, 0.6) is 0 Å². The first-order valence-corrected chi connectivity index (χ1v) is 9.58. The first-order chi connectivity index (χ1) is 13.1. The third kappa shape index (κ3) is 4.42. The normalized spacial score (nSPS) is 16.1. The van der Waals surface area contributed by atoms with Gasteiger partial charge in [-0.3, -0.25) is 4.79 Å². The lowest BCUT2D eigenvalue weighted by molar-refractivity contribution is -0.123. The largest absolute Gasteiger partial charge is 0.478 e. The third-order valence-corrected chi connectivity index (χ3v) is 5.01. The van der Waals surface area contributed by atoms with E-state index in [1.807, 2.05) is 20.8 Å². The maximum absolute atomic E-state index is 12.3. The Labute approximate surface area is 165 Å². The summed E-state index contributed by atoms with van der Waals surface area (Å²) in [5.41, 5.74) is 0.846. The predicted molar refractivity (Wildman–Crippen MR) is 111 cm³/mol. The number of carboxylic acids is 1. The van der Waals surface area contributed by atoms with E-state index < -0.39 is 11.4 Å². The zero-order valence-electron chi connectivity index (χ0n) is 17.0. The summed E-state index contributed by atoms with van der Waals surface area (Å²) in [6, 6.07) is 6.87. The molecular formula is C21H28N4O3. The van der Waals surface area contributed by atoms with E-state index in [0.29, 0.717) is 22.4 Å².